The van der Waals surface area contributed by atoms with Crippen molar-refractivity contribution in [3.05, 3.63) is 28.8 Å². The number of hydrogen-bond donors (Lipinski definition) is 1. The lowest BCUT2D eigenvalue weighted by Gasteiger charge is -2.05. The van der Waals surface area contributed by atoms with Crippen LogP contribution in [0.5, 0.6) is 0 Å². The molecule has 0 radical (unpaired) electrons. The van der Waals surface area contributed by atoms with Crippen molar-refractivity contribution in [2.24, 2.45) is 10.9 Å². The van der Waals surface area contributed by atoms with Crippen LogP contribution in [0.3, 0.4) is 0 Å². The van der Waals surface area contributed by atoms with Crippen LogP contribution >= 0.6 is 11.6 Å². The molecule has 0 amide bonds. The second-order valence-corrected chi connectivity index (χ2v) is 4.30. The minimum absolute atomic E-state index is 0.0305. The van der Waals surface area contributed by atoms with E-state index in [0.717, 1.165) is 0 Å². The highest BCUT2D eigenvalue weighted by molar-refractivity contribution is 6.36. The van der Waals surface area contributed by atoms with Crippen molar-refractivity contribution in [1.82, 2.24) is 0 Å². The lowest BCUT2D eigenvalue weighted by molar-refractivity contribution is -0.127. The zero-order valence-electron chi connectivity index (χ0n) is 10.4. The molecule has 0 unspecified atom stereocenters. The zero-order chi connectivity index (χ0) is 14.6. The number of carbonyl (C=O) groups excluding carboxylic acids is 2. The number of ketones is 2. The van der Waals surface area contributed by atoms with Crippen LogP contribution in [0.15, 0.2) is 23.2 Å². The van der Waals surface area contributed by atoms with Crippen molar-refractivity contribution >= 4 is 41.0 Å². The van der Waals surface area contributed by atoms with E-state index < -0.39 is 11.9 Å². The number of rotatable bonds is 5. The van der Waals surface area contributed by atoms with Crippen molar-refractivity contribution in [3.63, 3.8) is 0 Å². The number of hydrogen-bond acceptors (Lipinski definition) is 4. The Morgan fingerprint density at radius 3 is 2.32 bits per heavy atom. The van der Waals surface area contributed by atoms with Gasteiger partial charge in [-0.15, -0.1) is 0 Å². The Hall–Kier alpha value is -2.01. The van der Waals surface area contributed by atoms with Crippen LogP contribution in [0.1, 0.15) is 24.2 Å². The van der Waals surface area contributed by atoms with Crippen molar-refractivity contribution in [2.75, 3.05) is 0 Å². The van der Waals surface area contributed by atoms with Gasteiger partial charge in [0.05, 0.1) is 16.3 Å². The molecule has 0 heterocycles. The number of benzene rings is 1. The maximum absolute atomic E-state index is 11.2. The van der Waals surface area contributed by atoms with Gasteiger partial charge in [0.1, 0.15) is 17.5 Å². The molecule has 0 fully saturated rings. The van der Waals surface area contributed by atoms with E-state index >= 15 is 0 Å². The highest BCUT2D eigenvalue weighted by Gasteiger charge is 2.17. The Labute approximate surface area is 114 Å². The summed E-state index contributed by atoms with van der Waals surface area (Å²) in [5, 5.41) is 8.87. The average molecular weight is 282 g/mol. The Balaban J connectivity index is 3.12. The maximum atomic E-state index is 11.2. The maximum Gasteiger partial charge on any atom is 0.337 e. The van der Waals surface area contributed by atoms with Gasteiger partial charge in [0.2, 0.25) is 0 Å². The smallest absolute Gasteiger partial charge is 0.337 e. The average Bonchev–Trinajstić information content (AvgIpc) is 2.30. The largest absolute Gasteiger partial charge is 0.478 e. The first-order chi connectivity index (χ1) is 8.84. The molecule has 1 aromatic rings. The van der Waals surface area contributed by atoms with Crippen LogP contribution in [0.25, 0.3) is 0 Å². The summed E-state index contributed by atoms with van der Waals surface area (Å²) in [7, 11) is 0. The van der Waals surface area contributed by atoms with Crippen LogP contribution in [0.2, 0.25) is 5.02 Å². The molecule has 100 valence electrons. The predicted molar refractivity (Wildman–Crippen MR) is 71.4 cm³/mol. The van der Waals surface area contributed by atoms with Crippen LogP contribution in [-0.4, -0.2) is 28.9 Å². The molecule has 19 heavy (non-hydrogen) atoms. The van der Waals surface area contributed by atoms with Gasteiger partial charge in [-0.3, -0.25) is 14.6 Å². The van der Waals surface area contributed by atoms with Gasteiger partial charge >= 0.3 is 5.97 Å². The summed E-state index contributed by atoms with van der Waals surface area (Å²) in [4.78, 5) is 37.3. The molecule has 1 N–H and O–H groups in total. The number of carboxylic acids is 1. The fourth-order valence-corrected chi connectivity index (χ4v) is 1.69. The minimum atomic E-state index is -1.17. The van der Waals surface area contributed by atoms with Gasteiger partial charge in [-0.05, 0) is 26.0 Å². The van der Waals surface area contributed by atoms with Crippen molar-refractivity contribution in [3.8, 4) is 0 Å². The molecule has 0 bridgehead atoms. The van der Waals surface area contributed by atoms with Gasteiger partial charge in [0.25, 0.3) is 0 Å². The predicted octanol–water partition coefficient (Wildman–Crippen LogP) is 2.53. The molecule has 0 aliphatic heterocycles. The van der Waals surface area contributed by atoms with E-state index in [-0.39, 0.29) is 27.8 Å². The first kappa shape index (κ1) is 15.0. The fourth-order valence-electron chi connectivity index (χ4n) is 1.44. The molecule has 5 nitrogen and oxygen atoms in total. The molecular weight excluding hydrogens is 270 g/mol. The highest BCUT2D eigenvalue weighted by atomic mass is 35.5. The third-order valence-corrected chi connectivity index (χ3v) is 2.84. The van der Waals surface area contributed by atoms with Gasteiger partial charge in [-0.25, -0.2) is 4.79 Å². The Morgan fingerprint density at radius 1 is 1.26 bits per heavy atom. The number of carbonyl (C=O) groups is 3. The summed E-state index contributed by atoms with van der Waals surface area (Å²) in [6.45, 7) is 2.57. The lowest BCUT2D eigenvalue weighted by atomic mass is 10.0. The number of aliphatic imine (C=N–C) groups is 1. The molecule has 1 aromatic carbocycles. The van der Waals surface area contributed by atoms with Gasteiger partial charge in [0.15, 0.2) is 0 Å². The lowest BCUT2D eigenvalue weighted by Crippen LogP contribution is -2.20. The van der Waals surface area contributed by atoms with Gasteiger partial charge in [0, 0.05) is 6.21 Å². The standard InChI is InChI=1S/C13H12ClNO4/c1-7(16)10(8(2)17)6-15-11-5-3-4-9(12(11)14)13(18)19/h3-6,10H,1-2H3,(H,18,19). The summed E-state index contributed by atoms with van der Waals surface area (Å²) in [5.41, 5.74) is 0.118. The molecule has 0 spiro atoms. The van der Waals surface area contributed by atoms with Crippen LogP contribution < -0.4 is 0 Å². The van der Waals surface area contributed by atoms with E-state index in [2.05, 4.69) is 4.99 Å². The van der Waals surface area contributed by atoms with Gasteiger partial charge in [-0.2, -0.15) is 0 Å². The number of aromatic carboxylic acids is 1. The topological polar surface area (TPSA) is 83.8 Å². The summed E-state index contributed by atoms with van der Waals surface area (Å²) in [6, 6.07) is 4.33. The van der Waals surface area contributed by atoms with Crippen molar-refractivity contribution in [1.29, 1.82) is 0 Å². The number of Topliss-reactive ketones (excluding diaryl/α,β-unsaturated/α-hetero) is 2. The van der Waals surface area contributed by atoms with E-state index in [1.165, 1.54) is 38.3 Å². The second kappa shape index (κ2) is 6.24. The molecule has 0 saturated heterocycles. The molecule has 0 aromatic heterocycles. The Bertz CT molecular complexity index is 552. The van der Waals surface area contributed by atoms with Crippen LogP contribution in [0, 0.1) is 5.92 Å². The van der Waals surface area contributed by atoms with Crippen LogP contribution in [0.4, 0.5) is 5.69 Å². The fraction of sp³-hybridized carbons (Fsp3) is 0.231. The first-order valence-electron chi connectivity index (χ1n) is 5.41. The highest BCUT2D eigenvalue weighted by Crippen LogP contribution is 2.28. The van der Waals surface area contributed by atoms with Gasteiger partial charge in [-0.1, -0.05) is 17.7 Å². The van der Waals surface area contributed by atoms with Gasteiger partial charge < -0.3 is 5.11 Å². The van der Waals surface area contributed by atoms with Crippen molar-refractivity contribution in [2.45, 2.75) is 13.8 Å². The molecule has 0 atom stereocenters. The third kappa shape index (κ3) is 3.72. The molecular formula is C13H12ClNO4. The summed E-state index contributed by atoms with van der Waals surface area (Å²) < 4.78 is 0. The van der Waals surface area contributed by atoms with E-state index in [9.17, 15) is 14.4 Å². The quantitative estimate of drug-likeness (QED) is 0.664. The van der Waals surface area contributed by atoms with E-state index in [1.807, 2.05) is 0 Å². The monoisotopic (exact) mass is 281 g/mol. The number of halogens is 1. The van der Waals surface area contributed by atoms with Crippen molar-refractivity contribution < 1.29 is 19.5 Å². The van der Waals surface area contributed by atoms with Crippen LogP contribution in [-0.2, 0) is 9.59 Å². The summed E-state index contributed by atoms with van der Waals surface area (Å²) in [6.07, 6.45) is 1.18. The zero-order valence-corrected chi connectivity index (χ0v) is 11.1. The summed E-state index contributed by atoms with van der Waals surface area (Å²) >= 11 is 5.88. The normalized spacial score (nSPS) is 10.9. The molecule has 6 heteroatoms. The molecule has 0 aliphatic carbocycles. The third-order valence-electron chi connectivity index (χ3n) is 2.45. The van der Waals surface area contributed by atoms with E-state index in [0.29, 0.717) is 0 Å². The number of nitrogens with zero attached hydrogens (tertiary/aromatic N) is 1. The Kier molecular flexibility index (Phi) is 4.94. The van der Waals surface area contributed by atoms with E-state index in [1.54, 1.807) is 0 Å². The SMILES string of the molecule is CC(=O)C(C=Nc1cccc(C(=O)O)c1Cl)C(C)=O. The first-order valence-corrected chi connectivity index (χ1v) is 5.79. The summed E-state index contributed by atoms with van der Waals surface area (Å²) in [5.74, 6) is -2.77. The molecule has 1 rings (SSSR count). The second-order valence-electron chi connectivity index (χ2n) is 3.92. The molecule has 0 saturated carbocycles. The van der Waals surface area contributed by atoms with E-state index in [4.69, 9.17) is 16.7 Å². The Morgan fingerprint density at radius 2 is 1.84 bits per heavy atom. The number of carboxylic acid groups (broad SMARTS) is 1. The minimum Gasteiger partial charge on any atom is -0.478 e. The molecule has 0 aliphatic rings.